The molecule has 86 valence electrons. The normalized spacial score (nSPS) is 11.6. The molecule has 0 aliphatic rings. The van der Waals surface area contributed by atoms with Crippen LogP contribution >= 0.6 is 0 Å². The summed E-state index contributed by atoms with van der Waals surface area (Å²) < 4.78 is 4.93. The molecule has 0 aromatic carbocycles. The minimum atomic E-state index is -0.700. The number of carbonyl (C=O) groups is 3. The highest BCUT2D eigenvalue weighted by Crippen LogP contribution is 1.90. The Balaban J connectivity index is 3.72. The van der Waals surface area contributed by atoms with Crippen molar-refractivity contribution in [3.63, 3.8) is 0 Å². The van der Waals surface area contributed by atoms with Crippen molar-refractivity contribution >= 4 is 18.2 Å². The lowest BCUT2D eigenvalue weighted by Gasteiger charge is -2.11. The Morgan fingerprint density at radius 3 is 2.67 bits per heavy atom. The number of rotatable bonds is 7. The summed E-state index contributed by atoms with van der Waals surface area (Å²) in [6, 6.07) is 0. The van der Waals surface area contributed by atoms with Gasteiger partial charge in [0.15, 0.2) is 0 Å². The largest absolute Gasteiger partial charge is 0.359 e. The lowest BCUT2D eigenvalue weighted by Crippen LogP contribution is -2.37. The molecule has 0 radical (unpaired) electrons. The molecular weight excluding hydrogens is 200 g/mol. The van der Waals surface area contributed by atoms with Crippen LogP contribution in [0.4, 0.5) is 0 Å². The summed E-state index contributed by atoms with van der Waals surface area (Å²) in [5.41, 5.74) is 0. The average molecular weight is 216 g/mol. The van der Waals surface area contributed by atoms with E-state index in [4.69, 9.17) is 4.74 Å². The maximum Gasteiger partial charge on any atom is 0.252 e. The van der Waals surface area contributed by atoms with Crippen molar-refractivity contribution in [2.45, 2.75) is 26.4 Å². The van der Waals surface area contributed by atoms with Crippen LogP contribution in [0.1, 0.15) is 20.3 Å². The zero-order valence-corrected chi connectivity index (χ0v) is 8.91. The van der Waals surface area contributed by atoms with Crippen molar-refractivity contribution in [1.29, 1.82) is 0 Å². The molecule has 3 amide bonds. The number of amides is 3. The van der Waals surface area contributed by atoms with Gasteiger partial charge in [-0.25, -0.2) is 0 Å². The van der Waals surface area contributed by atoms with Gasteiger partial charge in [0.05, 0.1) is 0 Å². The molecule has 1 unspecified atom stereocenters. The molecule has 0 fully saturated rings. The lowest BCUT2D eigenvalue weighted by atomic mass is 10.3. The van der Waals surface area contributed by atoms with Crippen LogP contribution in [0.5, 0.6) is 0 Å². The summed E-state index contributed by atoms with van der Waals surface area (Å²) in [5.74, 6) is -0.837. The molecule has 0 aromatic rings. The third-order valence-electron chi connectivity index (χ3n) is 1.60. The Morgan fingerprint density at radius 2 is 2.13 bits per heavy atom. The van der Waals surface area contributed by atoms with Crippen LogP contribution in [0.15, 0.2) is 0 Å². The molecule has 2 N–H and O–H groups in total. The van der Waals surface area contributed by atoms with Gasteiger partial charge in [0.25, 0.3) is 5.91 Å². The average Bonchev–Trinajstić information content (AvgIpc) is 2.22. The van der Waals surface area contributed by atoms with E-state index in [1.54, 1.807) is 6.92 Å². The van der Waals surface area contributed by atoms with E-state index in [0.717, 1.165) is 6.42 Å². The summed E-state index contributed by atoms with van der Waals surface area (Å²) in [6.45, 7) is 3.75. The Hall–Kier alpha value is -1.43. The zero-order chi connectivity index (χ0) is 11.7. The van der Waals surface area contributed by atoms with E-state index < -0.39 is 12.0 Å². The first kappa shape index (κ1) is 13.6. The molecule has 0 aliphatic carbocycles. The molecule has 0 rings (SSSR count). The summed E-state index contributed by atoms with van der Waals surface area (Å²) in [4.78, 5) is 31.9. The Labute approximate surface area is 88.4 Å². The van der Waals surface area contributed by atoms with Crippen molar-refractivity contribution in [2.75, 3.05) is 13.2 Å². The Morgan fingerprint density at radius 1 is 1.47 bits per heavy atom. The van der Waals surface area contributed by atoms with Crippen molar-refractivity contribution in [3.8, 4) is 0 Å². The fourth-order valence-corrected chi connectivity index (χ4v) is 0.776. The molecule has 15 heavy (non-hydrogen) atoms. The first-order valence-electron chi connectivity index (χ1n) is 4.74. The first-order chi connectivity index (χ1) is 7.11. The maximum atomic E-state index is 11.2. The van der Waals surface area contributed by atoms with Crippen LogP contribution in [0, 0.1) is 0 Å². The predicted molar refractivity (Wildman–Crippen MR) is 52.9 cm³/mol. The first-order valence-corrected chi connectivity index (χ1v) is 4.74. The molecule has 0 spiro atoms. The second-order valence-electron chi connectivity index (χ2n) is 2.93. The van der Waals surface area contributed by atoms with Crippen LogP contribution in [0.2, 0.25) is 0 Å². The highest BCUT2D eigenvalue weighted by atomic mass is 16.5. The van der Waals surface area contributed by atoms with Gasteiger partial charge < -0.3 is 10.1 Å². The number of imide groups is 1. The lowest BCUT2D eigenvalue weighted by molar-refractivity contribution is -0.137. The summed E-state index contributed by atoms with van der Waals surface area (Å²) in [6.07, 6.45) is 0.409. The van der Waals surface area contributed by atoms with Gasteiger partial charge in [0, 0.05) is 6.54 Å². The van der Waals surface area contributed by atoms with Crippen LogP contribution in [-0.4, -0.2) is 37.5 Å². The quantitative estimate of drug-likeness (QED) is 0.545. The number of nitrogens with one attached hydrogen (secondary N) is 2. The highest BCUT2D eigenvalue weighted by molar-refractivity contribution is 5.87. The van der Waals surface area contributed by atoms with E-state index in [9.17, 15) is 14.4 Å². The van der Waals surface area contributed by atoms with E-state index in [1.807, 2.05) is 12.2 Å². The smallest absolute Gasteiger partial charge is 0.252 e. The molecule has 0 saturated carbocycles. The fourth-order valence-electron chi connectivity index (χ4n) is 0.776. The van der Waals surface area contributed by atoms with Gasteiger partial charge in [-0.15, -0.1) is 0 Å². The van der Waals surface area contributed by atoms with Crippen LogP contribution < -0.4 is 10.6 Å². The van der Waals surface area contributed by atoms with E-state index >= 15 is 0 Å². The number of hydrogen-bond donors (Lipinski definition) is 2. The van der Waals surface area contributed by atoms with Crippen molar-refractivity contribution in [2.24, 2.45) is 0 Å². The number of carbonyl (C=O) groups excluding carboxylic acids is 3. The van der Waals surface area contributed by atoms with Gasteiger partial charge in [-0.3, -0.25) is 19.7 Å². The molecule has 6 heteroatoms. The van der Waals surface area contributed by atoms with E-state index in [-0.39, 0.29) is 18.9 Å². The SMILES string of the molecule is CCCNC(=O)C(C)OCC(=O)NC=O. The number of hydrogen-bond acceptors (Lipinski definition) is 4. The standard InChI is InChI=1S/C9H16N2O4/c1-3-4-10-9(14)7(2)15-5-8(13)11-6-12/h6-7H,3-5H2,1-2H3,(H,10,14)(H,11,12,13). The topological polar surface area (TPSA) is 84.5 Å². The molecule has 0 heterocycles. The van der Waals surface area contributed by atoms with E-state index in [0.29, 0.717) is 6.54 Å². The van der Waals surface area contributed by atoms with Gasteiger partial charge in [-0.1, -0.05) is 6.92 Å². The predicted octanol–water partition coefficient (Wildman–Crippen LogP) is -0.810. The van der Waals surface area contributed by atoms with Crippen molar-refractivity contribution in [1.82, 2.24) is 10.6 Å². The van der Waals surface area contributed by atoms with Gasteiger partial charge in [0.2, 0.25) is 12.3 Å². The monoisotopic (exact) mass is 216 g/mol. The summed E-state index contributed by atoms with van der Waals surface area (Å²) in [7, 11) is 0. The molecule has 0 saturated heterocycles. The highest BCUT2D eigenvalue weighted by Gasteiger charge is 2.13. The van der Waals surface area contributed by atoms with Crippen LogP contribution in [0.25, 0.3) is 0 Å². The third kappa shape index (κ3) is 6.62. The van der Waals surface area contributed by atoms with Gasteiger partial charge in [0.1, 0.15) is 12.7 Å². The van der Waals surface area contributed by atoms with E-state index in [2.05, 4.69) is 5.32 Å². The third-order valence-corrected chi connectivity index (χ3v) is 1.60. The van der Waals surface area contributed by atoms with Crippen LogP contribution in [-0.2, 0) is 19.1 Å². The molecule has 0 aliphatic heterocycles. The van der Waals surface area contributed by atoms with Gasteiger partial charge >= 0.3 is 0 Å². The fraction of sp³-hybridized carbons (Fsp3) is 0.667. The minimum Gasteiger partial charge on any atom is -0.359 e. The van der Waals surface area contributed by atoms with Gasteiger partial charge in [-0.2, -0.15) is 0 Å². The Kier molecular flexibility index (Phi) is 7.17. The van der Waals surface area contributed by atoms with Crippen molar-refractivity contribution in [3.05, 3.63) is 0 Å². The molecule has 0 bridgehead atoms. The molecule has 1 atom stereocenters. The molecule has 6 nitrogen and oxygen atoms in total. The second-order valence-corrected chi connectivity index (χ2v) is 2.93. The maximum absolute atomic E-state index is 11.2. The van der Waals surface area contributed by atoms with Crippen LogP contribution in [0.3, 0.4) is 0 Å². The summed E-state index contributed by atoms with van der Waals surface area (Å²) >= 11 is 0. The summed E-state index contributed by atoms with van der Waals surface area (Å²) in [5, 5.41) is 4.53. The second kappa shape index (κ2) is 7.93. The zero-order valence-electron chi connectivity index (χ0n) is 8.91. The molecule has 0 aromatic heterocycles. The number of ether oxygens (including phenoxy) is 1. The van der Waals surface area contributed by atoms with Crippen molar-refractivity contribution < 1.29 is 19.1 Å². The Bertz CT molecular complexity index is 230. The van der Waals surface area contributed by atoms with E-state index in [1.165, 1.54) is 0 Å². The van der Waals surface area contributed by atoms with Gasteiger partial charge in [-0.05, 0) is 13.3 Å². The minimum absolute atomic E-state index is 0.268. The molecular formula is C9H16N2O4.